The lowest BCUT2D eigenvalue weighted by molar-refractivity contribution is -0.147. The Morgan fingerprint density at radius 2 is 1.94 bits per heavy atom. The second-order valence-electron chi connectivity index (χ2n) is 7.84. The highest BCUT2D eigenvalue weighted by Crippen LogP contribution is 2.31. The highest BCUT2D eigenvalue weighted by atomic mass is 35.5. The lowest BCUT2D eigenvalue weighted by atomic mass is 10.0. The van der Waals surface area contributed by atoms with E-state index < -0.39 is 23.4 Å². The quantitative estimate of drug-likeness (QED) is 0.718. The molecule has 0 spiro atoms. The summed E-state index contributed by atoms with van der Waals surface area (Å²) >= 11 is 5.71. The van der Waals surface area contributed by atoms with Crippen LogP contribution in [0.4, 0.5) is 8.78 Å². The van der Waals surface area contributed by atoms with Crippen molar-refractivity contribution >= 4 is 29.3 Å². The fraction of sp³-hybridized carbons (Fsp3) is 0.261. The monoisotopic (exact) mass is 459 g/mol. The molecule has 2 aromatic rings. The van der Waals surface area contributed by atoms with Crippen molar-refractivity contribution in [3.05, 3.63) is 82.0 Å². The van der Waals surface area contributed by atoms with Gasteiger partial charge >= 0.3 is 5.92 Å². The minimum atomic E-state index is -3.72. The molecule has 1 fully saturated rings. The van der Waals surface area contributed by atoms with Gasteiger partial charge in [0.25, 0.3) is 11.8 Å². The highest BCUT2D eigenvalue weighted by molar-refractivity contribution is 6.30. The number of hydrogen-bond acceptors (Lipinski definition) is 3. The second kappa shape index (κ2) is 8.35. The van der Waals surface area contributed by atoms with Gasteiger partial charge in [-0.15, -0.1) is 0 Å². The van der Waals surface area contributed by atoms with E-state index in [0.29, 0.717) is 40.3 Å². The average molecular weight is 460 g/mol. The van der Waals surface area contributed by atoms with Crippen molar-refractivity contribution in [1.29, 1.82) is 0 Å². The second-order valence-corrected chi connectivity index (χ2v) is 8.27. The molecule has 166 valence electrons. The summed E-state index contributed by atoms with van der Waals surface area (Å²) in [5.41, 5.74) is 1.89. The summed E-state index contributed by atoms with van der Waals surface area (Å²) in [6, 6.07) is 9.10. The van der Waals surface area contributed by atoms with Crippen molar-refractivity contribution in [1.82, 2.24) is 15.5 Å². The van der Waals surface area contributed by atoms with Crippen molar-refractivity contribution in [2.75, 3.05) is 0 Å². The number of benzene rings is 2. The third-order valence-corrected chi connectivity index (χ3v) is 5.90. The van der Waals surface area contributed by atoms with Gasteiger partial charge in [0.1, 0.15) is 6.04 Å². The molecule has 6 nitrogen and oxygen atoms in total. The van der Waals surface area contributed by atoms with Gasteiger partial charge in [-0.3, -0.25) is 14.4 Å². The first kappa shape index (κ1) is 22.0. The minimum absolute atomic E-state index is 0.132. The Morgan fingerprint density at radius 1 is 1.22 bits per heavy atom. The van der Waals surface area contributed by atoms with Crippen LogP contribution in [0.25, 0.3) is 0 Å². The van der Waals surface area contributed by atoms with Crippen LogP contribution in [0.5, 0.6) is 0 Å². The number of nitrogens with zero attached hydrogens (tertiary/aromatic N) is 1. The summed E-state index contributed by atoms with van der Waals surface area (Å²) in [5, 5.41) is 5.22. The Hall–Kier alpha value is -3.26. The zero-order valence-electron chi connectivity index (χ0n) is 17.0. The number of alkyl halides is 2. The van der Waals surface area contributed by atoms with E-state index in [9.17, 15) is 23.2 Å². The number of allylic oxidation sites excluding steroid dienone is 1. The summed E-state index contributed by atoms with van der Waals surface area (Å²) in [5.74, 6) is -5.67. The molecule has 0 radical (unpaired) electrons. The summed E-state index contributed by atoms with van der Waals surface area (Å²) in [7, 11) is 0. The normalized spacial score (nSPS) is 18.4. The number of rotatable bonds is 5. The fourth-order valence-electron chi connectivity index (χ4n) is 3.90. The van der Waals surface area contributed by atoms with E-state index in [1.807, 2.05) is 0 Å². The molecule has 4 rings (SSSR count). The van der Waals surface area contributed by atoms with Crippen LogP contribution in [0.2, 0.25) is 5.02 Å². The molecule has 0 bridgehead atoms. The van der Waals surface area contributed by atoms with Gasteiger partial charge in [0.05, 0.1) is 0 Å². The Balaban J connectivity index is 1.43. The van der Waals surface area contributed by atoms with Crippen LogP contribution in [-0.2, 0) is 28.6 Å². The first-order valence-electron chi connectivity index (χ1n) is 10.0. The summed E-state index contributed by atoms with van der Waals surface area (Å²) < 4.78 is 28.9. The number of fused-ring (bicyclic) bond motifs is 1. The van der Waals surface area contributed by atoms with Gasteiger partial charge in [0.15, 0.2) is 0 Å². The first-order valence-corrected chi connectivity index (χ1v) is 10.4. The lowest BCUT2D eigenvalue weighted by Crippen LogP contribution is -2.49. The molecule has 1 atom stereocenters. The summed E-state index contributed by atoms with van der Waals surface area (Å²) in [6.45, 7) is 3.85. The summed E-state index contributed by atoms with van der Waals surface area (Å²) in [4.78, 5) is 38.7. The number of nitrogens with one attached hydrogen (secondary N) is 2. The van der Waals surface area contributed by atoms with Crippen molar-refractivity contribution in [3.8, 4) is 0 Å². The molecule has 0 saturated carbocycles. The molecule has 1 unspecified atom stereocenters. The standard InChI is InChI=1S/C23H20ClF2N3O3/c1-13-2-9-19(20(30)28-13)29-12-15-10-14(3-8-18(15)21(29)31)11-27-22(32)23(25,26)16-4-6-17(24)7-5-16/h3-8,10,19H,1-2,9,11-12H2,(H,27,32)(H,28,30). The topological polar surface area (TPSA) is 78.5 Å². The molecule has 2 heterocycles. The van der Waals surface area contributed by atoms with Gasteiger partial charge < -0.3 is 15.5 Å². The van der Waals surface area contributed by atoms with Crippen LogP contribution >= 0.6 is 11.6 Å². The number of carbonyl (C=O) groups is 3. The number of halogens is 3. The van der Waals surface area contributed by atoms with Crippen LogP contribution in [0.1, 0.15) is 39.9 Å². The molecule has 0 aromatic heterocycles. The van der Waals surface area contributed by atoms with Crippen LogP contribution in [-0.4, -0.2) is 28.7 Å². The van der Waals surface area contributed by atoms with Gasteiger partial charge in [-0.25, -0.2) is 0 Å². The van der Waals surface area contributed by atoms with Crippen LogP contribution in [0, 0.1) is 0 Å². The first-order chi connectivity index (χ1) is 15.2. The number of carbonyl (C=O) groups excluding carboxylic acids is 3. The molecule has 32 heavy (non-hydrogen) atoms. The largest absolute Gasteiger partial charge is 0.349 e. The molecule has 2 N–H and O–H groups in total. The minimum Gasteiger partial charge on any atom is -0.346 e. The fourth-order valence-corrected chi connectivity index (χ4v) is 4.03. The molecular formula is C23H20ClF2N3O3. The molecule has 1 saturated heterocycles. The van der Waals surface area contributed by atoms with Gasteiger partial charge in [-0.05, 0) is 42.2 Å². The smallest absolute Gasteiger partial charge is 0.346 e. The number of piperidine rings is 1. The van der Waals surface area contributed by atoms with E-state index in [1.54, 1.807) is 18.2 Å². The van der Waals surface area contributed by atoms with Crippen molar-refractivity contribution in [3.63, 3.8) is 0 Å². The zero-order valence-corrected chi connectivity index (χ0v) is 17.7. The molecular weight excluding hydrogens is 440 g/mol. The van der Waals surface area contributed by atoms with Gasteiger partial charge in [-0.2, -0.15) is 8.78 Å². The van der Waals surface area contributed by atoms with Crippen LogP contribution in [0.15, 0.2) is 54.7 Å². The van der Waals surface area contributed by atoms with E-state index in [2.05, 4.69) is 17.2 Å². The Morgan fingerprint density at radius 3 is 2.62 bits per heavy atom. The van der Waals surface area contributed by atoms with Crippen molar-refractivity contribution in [2.45, 2.75) is 37.9 Å². The van der Waals surface area contributed by atoms with Crippen LogP contribution < -0.4 is 10.6 Å². The average Bonchev–Trinajstić information content (AvgIpc) is 3.08. The van der Waals surface area contributed by atoms with E-state index in [4.69, 9.17) is 11.6 Å². The maximum Gasteiger partial charge on any atom is 0.349 e. The molecule has 0 aliphatic carbocycles. The maximum atomic E-state index is 14.4. The van der Waals surface area contributed by atoms with Gasteiger partial charge in [-0.1, -0.05) is 42.4 Å². The van der Waals surface area contributed by atoms with Crippen molar-refractivity contribution < 1.29 is 23.2 Å². The van der Waals surface area contributed by atoms with Gasteiger partial charge in [0.2, 0.25) is 5.91 Å². The van der Waals surface area contributed by atoms with E-state index in [1.165, 1.54) is 17.0 Å². The zero-order chi connectivity index (χ0) is 23.0. The summed E-state index contributed by atoms with van der Waals surface area (Å²) in [6.07, 6.45) is 1.09. The van der Waals surface area contributed by atoms with E-state index >= 15 is 0 Å². The third kappa shape index (κ3) is 4.10. The Kier molecular flexibility index (Phi) is 5.73. The molecule has 9 heteroatoms. The number of hydrogen-bond donors (Lipinski definition) is 2. The molecule has 2 aliphatic heterocycles. The van der Waals surface area contributed by atoms with E-state index in [0.717, 1.165) is 12.1 Å². The van der Waals surface area contributed by atoms with E-state index in [-0.39, 0.29) is 24.9 Å². The highest BCUT2D eigenvalue weighted by Gasteiger charge is 2.41. The maximum absolute atomic E-state index is 14.4. The Bertz CT molecular complexity index is 1120. The molecule has 2 aliphatic rings. The predicted octanol–water partition coefficient (Wildman–Crippen LogP) is 3.50. The SMILES string of the molecule is C=C1CCC(N2Cc3cc(CNC(=O)C(F)(F)c4ccc(Cl)cc4)ccc3C2=O)C(=O)N1. The van der Waals surface area contributed by atoms with Crippen molar-refractivity contribution in [2.24, 2.45) is 0 Å². The Labute approximate surface area is 188 Å². The third-order valence-electron chi connectivity index (χ3n) is 5.65. The lowest BCUT2D eigenvalue weighted by Gasteiger charge is -2.30. The van der Waals surface area contributed by atoms with Crippen LogP contribution in [0.3, 0.4) is 0 Å². The predicted molar refractivity (Wildman–Crippen MR) is 114 cm³/mol. The van der Waals surface area contributed by atoms with Gasteiger partial charge in [0, 0.05) is 34.9 Å². The molecule has 3 amide bonds. The molecule has 2 aromatic carbocycles. The number of amides is 3.